The van der Waals surface area contributed by atoms with Gasteiger partial charge in [-0.1, -0.05) is 167 Å². The van der Waals surface area contributed by atoms with E-state index in [1.54, 1.807) is 0 Å². The Hall–Kier alpha value is -1.15. The van der Waals surface area contributed by atoms with Crippen molar-refractivity contribution in [2.24, 2.45) is 0 Å². The molecule has 11 heteroatoms. The van der Waals surface area contributed by atoms with Crippen LogP contribution in [0.15, 0.2) is 12.2 Å². The van der Waals surface area contributed by atoms with Crippen LogP contribution in [0, 0.1) is 0 Å². The minimum absolute atomic E-state index is 0.255. The molecule has 0 radical (unpaired) electrons. The van der Waals surface area contributed by atoms with Gasteiger partial charge in [0.15, 0.2) is 6.29 Å². The lowest BCUT2D eigenvalue weighted by molar-refractivity contribution is -0.303. The van der Waals surface area contributed by atoms with Crippen molar-refractivity contribution in [3.05, 3.63) is 12.2 Å². The van der Waals surface area contributed by atoms with Crippen LogP contribution in [0.25, 0.3) is 0 Å². The zero-order valence-electron chi connectivity index (χ0n) is 34.9. The summed E-state index contributed by atoms with van der Waals surface area (Å²) in [6.45, 7) is 3.41. The van der Waals surface area contributed by atoms with Crippen molar-refractivity contribution in [2.45, 2.75) is 249 Å². The number of carbonyl (C=O) groups excluding carboxylic acids is 1. The van der Waals surface area contributed by atoms with E-state index in [1.165, 1.54) is 96.3 Å². The van der Waals surface area contributed by atoms with Crippen molar-refractivity contribution in [3.8, 4) is 0 Å². The third kappa shape index (κ3) is 25.1. The maximum Gasteiger partial charge on any atom is 0.249 e. The van der Waals surface area contributed by atoms with Gasteiger partial charge in [-0.2, -0.15) is 0 Å². The van der Waals surface area contributed by atoms with Crippen LogP contribution in [0.2, 0.25) is 0 Å². The quantitative estimate of drug-likeness (QED) is 0.0243. The van der Waals surface area contributed by atoms with Crippen LogP contribution in [0.5, 0.6) is 0 Å². The molecule has 1 amide bonds. The van der Waals surface area contributed by atoms with E-state index in [0.29, 0.717) is 19.3 Å². The third-order valence-corrected chi connectivity index (χ3v) is 11.1. The Morgan fingerprint density at radius 3 is 1.55 bits per heavy atom. The predicted molar refractivity (Wildman–Crippen MR) is 219 cm³/mol. The van der Waals surface area contributed by atoms with Gasteiger partial charge in [0, 0.05) is 0 Å². The minimum atomic E-state index is -1.66. The first-order valence-electron chi connectivity index (χ1n) is 22.6. The number of hydrogen-bond donors (Lipinski definition) is 8. The van der Waals surface area contributed by atoms with Crippen molar-refractivity contribution in [1.82, 2.24) is 5.32 Å². The van der Waals surface area contributed by atoms with Crippen molar-refractivity contribution < 1.29 is 50.0 Å². The predicted octanol–water partition coefficient (Wildman–Crippen LogP) is 6.89. The molecule has 1 rings (SSSR count). The Kier molecular flexibility index (Phi) is 32.9. The third-order valence-electron chi connectivity index (χ3n) is 11.1. The lowest BCUT2D eigenvalue weighted by atomic mass is 9.98. The Morgan fingerprint density at radius 2 is 1.05 bits per heavy atom. The number of nitrogens with one attached hydrogen (secondary N) is 1. The minimum Gasteiger partial charge on any atom is -0.394 e. The Morgan fingerprint density at radius 1 is 0.618 bits per heavy atom. The highest BCUT2D eigenvalue weighted by Gasteiger charge is 2.44. The lowest BCUT2D eigenvalue weighted by Gasteiger charge is -2.40. The largest absolute Gasteiger partial charge is 0.394 e. The average Bonchev–Trinajstić information content (AvgIpc) is 3.18. The number of ether oxygens (including phenoxy) is 2. The van der Waals surface area contributed by atoms with Crippen LogP contribution < -0.4 is 5.32 Å². The molecule has 9 atom stereocenters. The first kappa shape index (κ1) is 51.9. The number of amides is 1. The van der Waals surface area contributed by atoms with Gasteiger partial charge in [0.1, 0.15) is 36.6 Å². The molecular formula is C44H85NO10. The summed E-state index contributed by atoms with van der Waals surface area (Å²) < 4.78 is 11.1. The van der Waals surface area contributed by atoms with E-state index in [1.807, 2.05) is 0 Å². The Labute approximate surface area is 334 Å². The summed E-state index contributed by atoms with van der Waals surface area (Å²) in [5.74, 6) is -0.702. The maximum atomic E-state index is 13.0. The molecular weight excluding hydrogens is 702 g/mol. The fourth-order valence-corrected chi connectivity index (χ4v) is 7.26. The highest BCUT2D eigenvalue weighted by Crippen LogP contribution is 2.23. The van der Waals surface area contributed by atoms with Crippen molar-refractivity contribution in [1.29, 1.82) is 0 Å². The number of carbonyl (C=O) groups is 1. The summed E-state index contributed by atoms with van der Waals surface area (Å²) in [4.78, 5) is 13.0. The summed E-state index contributed by atoms with van der Waals surface area (Å²) in [6, 6.07) is -1.17. The van der Waals surface area contributed by atoms with E-state index in [0.717, 1.165) is 57.8 Å². The average molecular weight is 788 g/mol. The zero-order chi connectivity index (χ0) is 40.5. The summed E-state index contributed by atoms with van der Waals surface area (Å²) in [7, 11) is 0. The molecule has 8 N–H and O–H groups in total. The highest BCUT2D eigenvalue weighted by molar-refractivity contribution is 5.80. The molecule has 326 valence electrons. The SMILES string of the molecule is CCCCCC/C=C\CCCCCCCCC(O)C(=O)NC(COC1OC(CO)C(O)C(O)C1O)C(O)C(O)CCCCCCCCCCCCCCCC. The fraction of sp³-hybridized carbons (Fsp3) is 0.932. The first-order chi connectivity index (χ1) is 26.7. The van der Waals surface area contributed by atoms with Gasteiger partial charge in [-0.15, -0.1) is 0 Å². The van der Waals surface area contributed by atoms with Gasteiger partial charge in [-0.25, -0.2) is 0 Å². The van der Waals surface area contributed by atoms with Crippen LogP contribution in [0.3, 0.4) is 0 Å². The molecule has 0 bridgehead atoms. The molecule has 0 aromatic heterocycles. The Bertz CT molecular complexity index is 908. The summed E-state index contributed by atoms with van der Waals surface area (Å²) >= 11 is 0. The summed E-state index contributed by atoms with van der Waals surface area (Å²) in [5, 5.41) is 75.6. The van der Waals surface area contributed by atoms with E-state index in [4.69, 9.17) is 9.47 Å². The summed E-state index contributed by atoms with van der Waals surface area (Å²) in [5.41, 5.74) is 0. The molecule has 0 aliphatic carbocycles. The zero-order valence-corrected chi connectivity index (χ0v) is 34.9. The van der Waals surface area contributed by atoms with E-state index >= 15 is 0 Å². The molecule has 9 unspecified atom stereocenters. The van der Waals surface area contributed by atoms with Gasteiger partial charge in [0.2, 0.25) is 5.91 Å². The normalized spacial score (nSPS) is 22.5. The fourth-order valence-electron chi connectivity index (χ4n) is 7.26. The van der Waals surface area contributed by atoms with Crippen LogP contribution in [0.1, 0.15) is 194 Å². The van der Waals surface area contributed by atoms with E-state index in [-0.39, 0.29) is 6.42 Å². The van der Waals surface area contributed by atoms with Gasteiger partial charge in [-0.3, -0.25) is 4.79 Å². The van der Waals surface area contributed by atoms with Crippen LogP contribution >= 0.6 is 0 Å². The molecule has 1 aliphatic rings. The second kappa shape index (κ2) is 34.9. The molecule has 0 spiro atoms. The molecule has 0 saturated carbocycles. The Balaban J connectivity index is 2.48. The number of hydrogen-bond acceptors (Lipinski definition) is 10. The number of rotatable bonds is 37. The monoisotopic (exact) mass is 788 g/mol. The number of aliphatic hydroxyl groups is 7. The van der Waals surface area contributed by atoms with Gasteiger partial charge < -0.3 is 50.5 Å². The van der Waals surface area contributed by atoms with E-state index in [9.17, 15) is 40.5 Å². The van der Waals surface area contributed by atoms with Gasteiger partial charge in [0.05, 0.1) is 25.4 Å². The lowest BCUT2D eigenvalue weighted by Crippen LogP contribution is -2.60. The highest BCUT2D eigenvalue weighted by atomic mass is 16.7. The second-order valence-electron chi connectivity index (χ2n) is 16.1. The molecule has 1 fully saturated rings. The molecule has 11 nitrogen and oxygen atoms in total. The van der Waals surface area contributed by atoms with Crippen molar-refractivity contribution in [2.75, 3.05) is 13.2 Å². The van der Waals surface area contributed by atoms with Crippen LogP contribution in [-0.2, 0) is 14.3 Å². The summed E-state index contributed by atoms with van der Waals surface area (Å²) in [6.07, 6.45) is 24.0. The van der Waals surface area contributed by atoms with E-state index in [2.05, 4.69) is 31.3 Å². The molecule has 55 heavy (non-hydrogen) atoms. The molecule has 0 aromatic carbocycles. The second-order valence-corrected chi connectivity index (χ2v) is 16.1. The smallest absolute Gasteiger partial charge is 0.249 e. The topological polar surface area (TPSA) is 189 Å². The van der Waals surface area contributed by atoms with Gasteiger partial charge >= 0.3 is 0 Å². The first-order valence-corrected chi connectivity index (χ1v) is 22.6. The number of aliphatic hydroxyl groups excluding tert-OH is 7. The van der Waals surface area contributed by atoms with Gasteiger partial charge in [-0.05, 0) is 38.5 Å². The van der Waals surface area contributed by atoms with Crippen molar-refractivity contribution >= 4 is 5.91 Å². The maximum absolute atomic E-state index is 13.0. The molecule has 0 aromatic rings. The molecule has 1 saturated heterocycles. The number of allylic oxidation sites excluding steroid dienone is 2. The molecule has 1 aliphatic heterocycles. The molecule has 1 heterocycles. The van der Waals surface area contributed by atoms with Crippen LogP contribution in [-0.4, -0.2) is 110 Å². The van der Waals surface area contributed by atoms with Crippen molar-refractivity contribution in [3.63, 3.8) is 0 Å². The van der Waals surface area contributed by atoms with Gasteiger partial charge in [0.25, 0.3) is 0 Å². The number of unbranched alkanes of at least 4 members (excludes halogenated alkanes) is 23. The van der Waals surface area contributed by atoms with E-state index < -0.39 is 74.2 Å². The van der Waals surface area contributed by atoms with Crippen LogP contribution in [0.4, 0.5) is 0 Å². The standard InChI is InChI=1S/C44H85NO10/c1-3-5-7-9-11-13-15-17-19-21-23-25-27-29-31-36(47)39(49)35(34-54-44-42(52)41(51)40(50)38(33-46)55-44)45-43(53)37(48)32-30-28-26-24-22-20-18-16-14-12-10-8-6-4-2/h14,16,35-42,44,46-52H,3-13,15,17-34H2,1-2H3,(H,45,53)/b16-14-.